The number of nitrogens with one attached hydrogen (secondary N) is 2. The zero-order valence-corrected chi connectivity index (χ0v) is 18.2. The number of nitrogens with zero attached hydrogens (tertiary/aromatic N) is 3. The molecular weight excluding hydrogens is 366 g/mol. The third-order valence-corrected chi connectivity index (χ3v) is 6.33. The van der Waals surface area contributed by atoms with Crippen LogP contribution in [0.2, 0.25) is 0 Å². The van der Waals surface area contributed by atoms with Crippen molar-refractivity contribution in [3.8, 4) is 0 Å². The Balaban J connectivity index is 1.45. The van der Waals surface area contributed by atoms with Crippen molar-refractivity contribution >= 4 is 17.3 Å². The lowest BCUT2D eigenvalue weighted by Gasteiger charge is -2.20. The highest BCUT2D eigenvalue weighted by Crippen LogP contribution is 2.14. The van der Waals surface area contributed by atoms with Gasteiger partial charge in [-0.3, -0.25) is 9.89 Å². The van der Waals surface area contributed by atoms with Gasteiger partial charge in [-0.05, 0) is 61.6 Å². The Morgan fingerprint density at radius 3 is 2.46 bits per heavy atom. The van der Waals surface area contributed by atoms with E-state index in [9.17, 15) is 0 Å². The van der Waals surface area contributed by atoms with Gasteiger partial charge in [-0.2, -0.15) is 0 Å². The predicted octanol–water partition coefficient (Wildman–Crippen LogP) is 3.06. The highest BCUT2D eigenvalue weighted by molar-refractivity contribution is 7.10. The van der Waals surface area contributed by atoms with Crippen molar-refractivity contribution in [3.63, 3.8) is 0 Å². The molecule has 0 radical (unpaired) electrons. The number of aryl methyl sites for hydroxylation is 1. The average Bonchev–Trinajstić information content (AvgIpc) is 3.00. The second-order valence-corrected chi connectivity index (χ2v) is 8.56. The van der Waals surface area contributed by atoms with E-state index < -0.39 is 0 Å². The van der Waals surface area contributed by atoms with E-state index in [-0.39, 0.29) is 0 Å². The van der Waals surface area contributed by atoms with Gasteiger partial charge in [0.25, 0.3) is 0 Å². The van der Waals surface area contributed by atoms with Crippen LogP contribution in [0, 0.1) is 6.92 Å². The number of aliphatic imine (C=N–C) groups is 1. The quantitative estimate of drug-likeness (QED) is 0.579. The molecule has 6 heteroatoms. The van der Waals surface area contributed by atoms with Crippen molar-refractivity contribution in [2.45, 2.75) is 33.0 Å². The van der Waals surface area contributed by atoms with Crippen LogP contribution in [0.3, 0.4) is 0 Å². The summed E-state index contributed by atoms with van der Waals surface area (Å²) in [7, 11) is 4.04. The Labute approximate surface area is 173 Å². The molecule has 2 N–H and O–H groups in total. The van der Waals surface area contributed by atoms with Crippen LogP contribution in [-0.4, -0.2) is 56.0 Å². The molecule has 1 saturated heterocycles. The Morgan fingerprint density at radius 1 is 1.00 bits per heavy atom. The van der Waals surface area contributed by atoms with E-state index in [1.54, 1.807) is 11.3 Å². The van der Waals surface area contributed by atoms with Crippen LogP contribution in [0.1, 0.15) is 28.0 Å². The predicted molar refractivity (Wildman–Crippen MR) is 120 cm³/mol. The molecule has 1 aromatic carbocycles. The van der Waals surface area contributed by atoms with Crippen molar-refractivity contribution in [2.75, 3.05) is 40.3 Å². The maximum absolute atomic E-state index is 4.33. The molecule has 1 fully saturated rings. The molecule has 0 unspecified atom stereocenters. The molecule has 0 saturated carbocycles. The first-order chi connectivity index (χ1) is 13.6. The normalized spacial score (nSPS) is 16.8. The van der Waals surface area contributed by atoms with Crippen LogP contribution in [0.4, 0.5) is 0 Å². The summed E-state index contributed by atoms with van der Waals surface area (Å²) >= 11 is 1.78. The SMILES string of the molecule is CN=C(NCc1ccc(CN2CCCN(C)CC2)cc1)NCc1sccc1C. The molecule has 28 heavy (non-hydrogen) atoms. The lowest BCUT2D eigenvalue weighted by Crippen LogP contribution is -2.36. The zero-order valence-electron chi connectivity index (χ0n) is 17.4. The first kappa shape index (κ1) is 20.8. The minimum Gasteiger partial charge on any atom is -0.352 e. The van der Waals surface area contributed by atoms with Crippen LogP contribution in [0.5, 0.6) is 0 Å². The smallest absolute Gasteiger partial charge is 0.191 e. The van der Waals surface area contributed by atoms with Crippen molar-refractivity contribution in [1.29, 1.82) is 0 Å². The number of benzene rings is 1. The summed E-state index contributed by atoms with van der Waals surface area (Å²) < 4.78 is 0. The summed E-state index contributed by atoms with van der Waals surface area (Å²) in [6.45, 7) is 9.51. The second-order valence-electron chi connectivity index (χ2n) is 7.56. The molecule has 0 aliphatic carbocycles. The summed E-state index contributed by atoms with van der Waals surface area (Å²) in [5.41, 5.74) is 4.00. The monoisotopic (exact) mass is 399 g/mol. The van der Waals surface area contributed by atoms with Crippen LogP contribution in [0.15, 0.2) is 40.7 Å². The van der Waals surface area contributed by atoms with E-state index >= 15 is 0 Å². The van der Waals surface area contributed by atoms with Gasteiger partial charge in [0.2, 0.25) is 0 Å². The van der Waals surface area contributed by atoms with Crippen LogP contribution < -0.4 is 10.6 Å². The van der Waals surface area contributed by atoms with Gasteiger partial charge < -0.3 is 15.5 Å². The molecule has 1 aliphatic heterocycles. The summed E-state index contributed by atoms with van der Waals surface area (Å²) in [4.78, 5) is 10.7. The molecule has 152 valence electrons. The standard InChI is InChI=1S/C22H33N5S/c1-18-9-14-28-21(18)16-25-22(23-2)24-15-19-5-7-20(8-6-19)17-27-11-4-10-26(3)12-13-27/h5-9,14H,4,10-13,15-17H2,1-3H3,(H2,23,24,25). The van der Waals surface area contributed by atoms with E-state index in [1.807, 2.05) is 7.05 Å². The molecule has 0 bridgehead atoms. The van der Waals surface area contributed by atoms with Gasteiger partial charge in [-0.15, -0.1) is 11.3 Å². The van der Waals surface area contributed by atoms with E-state index in [1.165, 1.54) is 47.6 Å². The fourth-order valence-electron chi connectivity index (χ4n) is 3.43. The zero-order chi connectivity index (χ0) is 19.8. The molecule has 3 rings (SSSR count). The molecule has 2 aromatic rings. The lowest BCUT2D eigenvalue weighted by atomic mass is 10.1. The number of likely N-dealkylation sites (N-methyl/N-ethyl adjacent to an activating group) is 1. The Bertz CT molecular complexity index is 753. The topological polar surface area (TPSA) is 42.9 Å². The maximum Gasteiger partial charge on any atom is 0.191 e. The molecule has 2 heterocycles. The van der Waals surface area contributed by atoms with E-state index in [4.69, 9.17) is 0 Å². The summed E-state index contributed by atoms with van der Waals surface area (Å²) in [6.07, 6.45) is 1.26. The summed E-state index contributed by atoms with van der Waals surface area (Å²) in [6, 6.07) is 11.1. The number of hydrogen-bond acceptors (Lipinski definition) is 4. The van der Waals surface area contributed by atoms with Gasteiger partial charge in [0.05, 0.1) is 6.54 Å². The van der Waals surface area contributed by atoms with Crippen molar-refractivity contribution < 1.29 is 0 Å². The Morgan fingerprint density at radius 2 is 1.75 bits per heavy atom. The van der Waals surface area contributed by atoms with Gasteiger partial charge in [0, 0.05) is 38.1 Å². The van der Waals surface area contributed by atoms with Gasteiger partial charge in [-0.1, -0.05) is 24.3 Å². The minimum atomic E-state index is 0.776. The van der Waals surface area contributed by atoms with Crippen molar-refractivity contribution in [2.24, 2.45) is 4.99 Å². The molecule has 0 spiro atoms. The number of thiophene rings is 1. The van der Waals surface area contributed by atoms with E-state index in [0.717, 1.165) is 32.1 Å². The van der Waals surface area contributed by atoms with Gasteiger partial charge in [0.1, 0.15) is 0 Å². The summed E-state index contributed by atoms with van der Waals surface area (Å²) in [5.74, 6) is 0.838. The van der Waals surface area contributed by atoms with Crippen LogP contribution in [0.25, 0.3) is 0 Å². The van der Waals surface area contributed by atoms with Gasteiger partial charge in [0.15, 0.2) is 5.96 Å². The Hall–Kier alpha value is -1.89. The van der Waals surface area contributed by atoms with Gasteiger partial charge >= 0.3 is 0 Å². The van der Waals surface area contributed by atoms with Crippen molar-refractivity contribution in [3.05, 3.63) is 57.3 Å². The number of guanidine groups is 1. The fraction of sp³-hybridized carbons (Fsp3) is 0.500. The van der Waals surface area contributed by atoms with Gasteiger partial charge in [-0.25, -0.2) is 0 Å². The largest absolute Gasteiger partial charge is 0.352 e. The molecule has 5 nitrogen and oxygen atoms in total. The number of rotatable bonds is 6. The first-order valence-corrected chi connectivity index (χ1v) is 11.0. The molecular formula is C22H33N5S. The number of hydrogen-bond donors (Lipinski definition) is 2. The van der Waals surface area contributed by atoms with E-state index in [2.05, 4.69) is 75.1 Å². The second kappa shape index (κ2) is 10.6. The van der Waals surface area contributed by atoms with E-state index in [0.29, 0.717) is 0 Å². The molecule has 0 amide bonds. The molecule has 1 aliphatic rings. The molecule has 1 aromatic heterocycles. The van der Waals surface area contributed by atoms with Crippen molar-refractivity contribution in [1.82, 2.24) is 20.4 Å². The first-order valence-electron chi connectivity index (χ1n) is 10.1. The lowest BCUT2D eigenvalue weighted by molar-refractivity contribution is 0.269. The van der Waals surface area contributed by atoms with Crippen LogP contribution in [-0.2, 0) is 19.6 Å². The highest BCUT2D eigenvalue weighted by Gasteiger charge is 2.12. The average molecular weight is 400 g/mol. The maximum atomic E-state index is 4.33. The third-order valence-electron chi connectivity index (χ3n) is 5.31. The highest BCUT2D eigenvalue weighted by atomic mass is 32.1. The Kier molecular flexibility index (Phi) is 7.89. The third kappa shape index (κ3) is 6.33. The summed E-state index contributed by atoms with van der Waals surface area (Å²) in [5, 5.41) is 8.94. The molecule has 0 atom stereocenters. The minimum absolute atomic E-state index is 0.776. The van der Waals surface area contributed by atoms with Crippen LogP contribution >= 0.6 is 11.3 Å². The fourth-order valence-corrected chi connectivity index (χ4v) is 4.28.